The van der Waals surface area contributed by atoms with Crippen molar-refractivity contribution in [2.24, 2.45) is 0 Å². The molecule has 1 aromatic rings. The summed E-state index contributed by atoms with van der Waals surface area (Å²) in [6, 6.07) is 1.88. The number of amides is 1. The Bertz CT molecular complexity index is 445. The average molecular weight is 237 g/mol. The normalized spacial score (nSPS) is 14.5. The van der Waals surface area contributed by atoms with Crippen LogP contribution in [0.2, 0.25) is 0 Å². The molecule has 1 N–H and O–H groups in total. The van der Waals surface area contributed by atoms with Crippen molar-refractivity contribution in [2.45, 2.75) is 32.7 Å². The Morgan fingerprint density at radius 3 is 2.71 bits per heavy atom. The molecule has 1 aromatic heterocycles. The van der Waals surface area contributed by atoms with Gasteiger partial charge in [-0.05, 0) is 32.8 Å². The Balaban J connectivity index is 1.84. The van der Waals surface area contributed by atoms with Crippen molar-refractivity contribution in [2.75, 3.05) is 6.61 Å². The summed E-state index contributed by atoms with van der Waals surface area (Å²) in [5.41, 5.74) is 0.377. The van der Waals surface area contributed by atoms with Gasteiger partial charge in [0.05, 0.1) is 0 Å². The number of nitrogens with one attached hydrogen (secondary N) is 1. The molecule has 92 valence electrons. The maximum atomic E-state index is 11.6. The van der Waals surface area contributed by atoms with Crippen LogP contribution in [-0.2, 0) is 9.53 Å². The van der Waals surface area contributed by atoms with E-state index in [1.807, 2.05) is 0 Å². The first-order valence-corrected chi connectivity index (χ1v) is 5.60. The van der Waals surface area contributed by atoms with Gasteiger partial charge < -0.3 is 14.5 Å². The van der Waals surface area contributed by atoms with Gasteiger partial charge in [-0.2, -0.15) is 0 Å². The van der Waals surface area contributed by atoms with Gasteiger partial charge in [0.1, 0.15) is 17.1 Å². The van der Waals surface area contributed by atoms with E-state index in [-0.39, 0.29) is 18.6 Å². The second kappa shape index (κ2) is 4.61. The molecule has 2 rings (SSSR count). The van der Waals surface area contributed by atoms with Crippen LogP contribution < -0.4 is 5.32 Å². The molecule has 1 aliphatic carbocycles. The zero-order valence-electron chi connectivity index (χ0n) is 9.91. The van der Waals surface area contributed by atoms with Gasteiger partial charge in [0.2, 0.25) is 0 Å². The molecular formula is C12H15NO4. The number of carbonyl (C=O) groups is 2. The number of hydrogen-bond acceptors (Lipinski definition) is 4. The van der Waals surface area contributed by atoms with Crippen LogP contribution in [0.3, 0.4) is 0 Å². The molecule has 0 atom stereocenters. The summed E-state index contributed by atoms with van der Waals surface area (Å²) in [5, 5.41) is 2.74. The molecule has 1 saturated carbocycles. The van der Waals surface area contributed by atoms with Crippen LogP contribution in [-0.4, -0.2) is 24.5 Å². The molecule has 0 bridgehead atoms. The summed E-state index contributed by atoms with van der Waals surface area (Å²) < 4.78 is 10.1. The monoisotopic (exact) mass is 237 g/mol. The zero-order valence-corrected chi connectivity index (χ0v) is 9.91. The van der Waals surface area contributed by atoms with Crippen molar-refractivity contribution < 1.29 is 18.7 Å². The fourth-order valence-corrected chi connectivity index (χ4v) is 1.54. The smallest absolute Gasteiger partial charge is 0.342 e. The van der Waals surface area contributed by atoms with Crippen LogP contribution in [0, 0.1) is 13.8 Å². The van der Waals surface area contributed by atoms with Crippen LogP contribution in [0.5, 0.6) is 0 Å². The fourth-order valence-electron chi connectivity index (χ4n) is 1.54. The van der Waals surface area contributed by atoms with E-state index in [4.69, 9.17) is 9.15 Å². The van der Waals surface area contributed by atoms with E-state index in [9.17, 15) is 9.59 Å². The van der Waals surface area contributed by atoms with Crippen molar-refractivity contribution in [1.29, 1.82) is 0 Å². The lowest BCUT2D eigenvalue weighted by atomic mass is 10.2. The Kier molecular flexibility index (Phi) is 3.17. The lowest BCUT2D eigenvalue weighted by molar-refractivity contribution is -0.124. The van der Waals surface area contributed by atoms with E-state index in [0.29, 0.717) is 17.1 Å². The molecule has 0 saturated heterocycles. The van der Waals surface area contributed by atoms with E-state index in [0.717, 1.165) is 12.8 Å². The minimum Gasteiger partial charge on any atom is -0.466 e. The number of hydrogen-bond donors (Lipinski definition) is 1. The van der Waals surface area contributed by atoms with Gasteiger partial charge in [0.25, 0.3) is 5.91 Å². The average Bonchev–Trinajstić information content (AvgIpc) is 3.00. The lowest BCUT2D eigenvalue weighted by Crippen LogP contribution is -2.30. The highest BCUT2D eigenvalue weighted by Crippen LogP contribution is 2.18. The number of furan rings is 1. The van der Waals surface area contributed by atoms with E-state index >= 15 is 0 Å². The molecule has 1 amide bonds. The molecular weight excluding hydrogens is 222 g/mol. The summed E-state index contributed by atoms with van der Waals surface area (Å²) in [5.74, 6) is 0.385. The minimum absolute atomic E-state index is 0.237. The molecule has 1 fully saturated rings. The van der Waals surface area contributed by atoms with Gasteiger partial charge in [0, 0.05) is 6.04 Å². The van der Waals surface area contributed by atoms with E-state index in [2.05, 4.69) is 5.32 Å². The lowest BCUT2D eigenvalue weighted by Gasteiger charge is -2.04. The van der Waals surface area contributed by atoms with E-state index in [1.54, 1.807) is 19.9 Å². The Morgan fingerprint density at radius 2 is 2.18 bits per heavy atom. The summed E-state index contributed by atoms with van der Waals surface area (Å²) in [6.45, 7) is 3.20. The summed E-state index contributed by atoms with van der Waals surface area (Å²) in [6.07, 6.45) is 2.03. The van der Waals surface area contributed by atoms with Crippen molar-refractivity contribution in [3.8, 4) is 0 Å². The topological polar surface area (TPSA) is 68.5 Å². The van der Waals surface area contributed by atoms with Crippen LogP contribution >= 0.6 is 0 Å². The third kappa shape index (κ3) is 3.09. The second-order valence-electron chi connectivity index (χ2n) is 4.24. The molecule has 17 heavy (non-hydrogen) atoms. The van der Waals surface area contributed by atoms with Crippen LogP contribution in [0.1, 0.15) is 34.7 Å². The van der Waals surface area contributed by atoms with Gasteiger partial charge in [-0.25, -0.2) is 4.79 Å². The highest BCUT2D eigenvalue weighted by molar-refractivity contribution is 5.92. The maximum absolute atomic E-state index is 11.6. The standard InChI is InChI=1S/C12H15NO4/c1-7-5-10(8(2)17-7)12(15)16-6-11(14)13-9-3-4-9/h5,9H,3-4,6H2,1-2H3,(H,13,14). The molecule has 0 spiro atoms. The first-order chi connectivity index (χ1) is 8.06. The van der Waals surface area contributed by atoms with E-state index in [1.165, 1.54) is 0 Å². The van der Waals surface area contributed by atoms with Crippen molar-refractivity contribution in [3.63, 3.8) is 0 Å². The SMILES string of the molecule is Cc1cc(C(=O)OCC(=O)NC2CC2)c(C)o1. The highest BCUT2D eigenvalue weighted by atomic mass is 16.5. The van der Waals surface area contributed by atoms with Gasteiger partial charge >= 0.3 is 5.97 Å². The summed E-state index contributed by atoms with van der Waals surface area (Å²) in [7, 11) is 0. The largest absolute Gasteiger partial charge is 0.466 e. The van der Waals surface area contributed by atoms with Crippen LogP contribution in [0.15, 0.2) is 10.5 Å². The summed E-state index contributed by atoms with van der Waals surface area (Å²) >= 11 is 0. The molecule has 0 aliphatic heterocycles. The predicted molar refractivity (Wildman–Crippen MR) is 59.6 cm³/mol. The Morgan fingerprint density at radius 1 is 1.47 bits per heavy atom. The third-order valence-electron chi connectivity index (χ3n) is 2.54. The first kappa shape index (κ1) is 11.7. The first-order valence-electron chi connectivity index (χ1n) is 5.60. The van der Waals surface area contributed by atoms with Crippen molar-refractivity contribution in [3.05, 3.63) is 23.2 Å². The quantitative estimate of drug-likeness (QED) is 0.802. The van der Waals surface area contributed by atoms with Gasteiger partial charge in [-0.1, -0.05) is 0 Å². The number of ether oxygens (including phenoxy) is 1. The van der Waals surface area contributed by atoms with Crippen LogP contribution in [0.25, 0.3) is 0 Å². The van der Waals surface area contributed by atoms with Crippen molar-refractivity contribution >= 4 is 11.9 Å². The molecule has 0 radical (unpaired) electrons. The Labute approximate surface area is 99.1 Å². The predicted octanol–water partition coefficient (Wildman–Crippen LogP) is 1.33. The maximum Gasteiger partial charge on any atom is 0.342 e. The molecule has 1 heterocycles. The molecule has 5 heteroatoms. The number of carbonyl (C=O) groups excluding carboxylic acids is 2. The van der Waals surface area contributed by atoms with Gasteiger partial charge in [-0.15, -0.1) is 0 Å². The Hall–Kier alpha value is -1.78. The summed E-state index contributed by atoms with van der Waals surface area (Å²) in [4.78, 5) is 22.9. The van der Waals surface area contributed by atoms with E-state index < -0.39 is 5.97 Å². The van der Waals surface area contributed by atoms with Gasteiger partial charge in [0.15, 0.2) is 6.61 Å². The number of aryl methyl sites for hydroxylation is 2. The fraction of sp³-hybridized carbons (Fsp3) is 0.500. The zero-order chi connectivity index (χ0) is 12.4. The molecule has 1 aliphatic rings. The number of esters is 1. The van der Waals surface area contributed by atoms with Crippen LogP contribution in [0.4, 0.5) is 0 Å². The number of rotatable bonds is 4. The molecule has 0 aromatic carbocycles. The minimum atomic E-state index is -0.523. The second-order valence-corrected chi connectivity index (χ2v) is 4.24. The van der Waals surface area contributed by atoms with Gasteiger partial charge in [-0.3, -0.25) is 4.79 Å². The molecule has 5 nitrogen and oxygen atoms in total. The van der Waals surface area contributed by atoms with Crippen molar-refractivity contribution in [1.82, 2.24) is 5.32 Å². The molecule has 0 unspecified atom stereocenters. The highest BCUT2D eigenvalue weighted by Gasteiger charge is 2.24. The third-order valence-corrected chi connectivity index (χ3v) is 2.54.